The molecule has 1 aliphatic heterocycles. The van der Waals surface area contributed by atoms with Crippen LogP contribution in [-0.4, -0.2) is 40.6 Å². The molecule has 0 aliphatic carbocycles. The fourth-order valence-electron chi connectivity index (χ4n) is 1.09. The summed E-state index contributed by atoms with van der Waals surface area (Å²) in [5.74, 6) is 0.0615. The number of hydrogen-bond donors (Lipinski definition) is 3. The molecule has 1 rings (SSSR count). The monoisotopic (exact) mass is 273 g/mol. The van der Waals surface area contributed by atoms with Gasteiger partial charge in [0.1, 0.15) is 0 Å². The summed E-state index contributed by atoms with van der Waals surface area (Å²) in [7, 11) is -4.00. The van der Waals surface area contributed by atoms with Crippen LogP contribution in [0.4, 0.5) is 0 Å². The third kappa shape index (κ3) is 4.01. The maximum atomic E-state index is 10.7. The van der Waals surface area contributed by atoms with Crippen molar-refractivity contribution >= 4 is 52.2 Å². The van der Waals surface area contributed by atoms with E-state index in [1.165, 1.54) is 11.8 Å². The first kappa shape index (κ1) is 12.7. The summed E-state index contributed by atoms with van der Waals surface area (Å²) in [4.78, 5) is 4.15. The van der Waals surface area contributed by atoms with Gasteiger partial charge in [0.25, 0.3) is 10.1 Å². The SMILES string of the molecule is O=S(=O)(O)CC(C1=NCCS1)C(S)S. The minimum Gasteiger partial charge on any atom is -0.286 e. The number of hydrogen-bond acceptors (Lipinski definition) is 6. The number of aliphatic imine (C=N–C) groups is 1. The molecule has 0 saturated carbocycles. The Bertz CT molecular complexity index is 324. The first-order valence-corrected chi connectivity index (χ1v) is 7.51. The van der Waals surface area contributed by atoms with Crippen molar-refractivity contribution in [1.29, 1.82) is 0 Å². The van der Waals surface area contributed by atoms with E-state index >= 15 is 0 Å². The molecule has 82 valence electrons. The Kier molecular flexibility index (Phi) is 4.63. The quantitative estimate of drug-likeness (QED) is 0.403. The molecule has 14 heavy (non-hydrogen) atoms. The molecular formula is C6H11NO3S4. The van der Waals surface area contributed by atoms with Gasteiger partial charge in [-0.15, -0.1) is 11.8 Å². The summed E-state index contributed by atoms with van der Waals surface area (Å²) in [5.41, 5.74) is 0. The van der Waals surface area contributed by atoms with Crippen LogP contribution in [0.1, 0.15) is 0 Å². The van der Waals surface area contributed by atoms with Gasteiger partial charge in [0.05, 0.1) is 15.4 Å². The molecule has 0 fully saturated rings. The lowest BCUT2D eigenvalue weighted by Gasteiger charge is -2.17. The highest BCUT2D eigenvalue weighted by Crippen LogP contribution is 2.26. The maximum Gasteiger partial charge on any atom is 0.265 e. The largest absolute Gasteiger partial charge is 0.286 e. The van der Waals surface area contributed by atoms with Crippen molar-refractivity contribution in [3.8, 4) is 0 Å². The van der Waals surface area contributed by atoms with Gasteiger partial charge in [0.15, 0.2) is 0 Å². The molecule has 0 amide bonds. The zero-order valence-corrected chi connectivity index (χ0v) is 10.6. The van der Waals surface area contributed by atoms with Crippen LogP contribution >= 0.6 is 37.0 Å². The molecule has 0 bridgehead atoms. The Morgan fingerprint density at radius 1 is 1.57 bits per heavy atom. The standard InChI is InChI=1S/C6H11NO3S4/c8-14(9,10)3-4(6(11)12)5-7-1-2-13-5/h4,6,11-12H,1-3H2,(H,8,9,10). The lowest BCUT2D eigenvalue weighted by Crippen LogP contribution is -2.26. The second-order valence-corrected chi connectivity index (χ2v) is 6.97. The van der Waals surface area contributed by atoms with Crippen LogP contribution in [0.3, 0.4) is 0 Å². The van der Waals surface area contributed by atoms with E-state index in [2.05, 4.69) is 30.2 Å². The minimum atomic E-state index is -4.00. The van der Waals surface area contributed by atoms with Crippen molar-refractivity contribution in [3.05, 3.63) is 0 Å². The highest BCUT2D eigenvalue weighted by atomic mass is 32.2. The molecule has 0 saturated heterocycles. The Balaban J connectivity index is 2.74. The van der Waals surface area contributed by atoms with E-state index in [1.807, 2.05) is 0 Å². The fraction of sp³-hybridized carbons (Fsp3) is 0.833. The molecule has 1 N–H and O–H groups in total. The predicted molar refractivity (Wildman–Crippen MR) is 66.4 cm³/mol. The van der Waals surface area contributed by atoms with Gasteiger partial charge >= 0.3 is 0 Å². The number of thiol groups is 2. The molecule has 1 heterocycles. The van der Waals surface area contributed by atoms with E-state index in [1.54, 1.807) is 0 Å². The first-order chi connectivity index (χ1) is 6.40. The van der Waals surface area contributed by atoms with Gasteiger partial charge < -0.3 is 0 Å². The van der Waals surface area contributed by atoms with Gasteiger partial charge in [-0.25, -0.2) is 0 Å². The Hall–Kier alpha value is 0.630. The second-order valence-electron chi connectivity index (χ2n) is 2.84. The third-order valence-corrected chi connectivity index (χ3v) is 4.29. The minimum absolute atomic E-state index is 0.365. The van der Waals surface area contributed by atoms with Gasteiger partial charge in [-0.2, -0.15) is 33.7 Å². The summed E-state index contributed by atoms with van der Waals surface area (Å²) >= 11 is 9.65. The van der Waals surface area contributed by atoms with Crippen molar-refractivity contribution in [2.75, 3.05) is 18.1 Å². The number of rotatable bonds is 4. The van der Waals surface area contributed by atoms with Gasteiger partial charge in [-0.05, 0) is 0 Å². The molecule has 4 nitrogen and oxygen atoms in total. The molecule has 1 unspecified atom stereocenters. The Morgan fingerprint density at radius 3 is 2.57 bits per heavy atom. The highest BCUT2D eigenvalue weighted by Gasteiger charge is 2.28. The van der Waals surface area contributed by atoms with Crippen LogP contribution in [0.25, 0.3) is 0 Å². The predicted octanol–water partition coefficient (Wildman–Crippen LogP) is 0.821. The molecule has 0 spiro atoms. The highest BCUT2D eigenvalue weighted by molar-refractivity contribution is 8.14. The smallest absolute Gasteiger partial charge is 0.265 e. The third-order valence-electron chi connectivity index (χ3n) is 1.68. The van der Waals surface area contributed by atoms with Crippen molar-refractivity contribution in [2.24, 2.45) is 10.9 Å². The zero-order chi connectivity index (χ0) is 10.8. The molecule has 1 atom stereocenters. The van der Waals surface area contributed by atoms with Gasteiger partial charge in [0.2, 0.25) is 0 Å². The molecular weight excluding hydrogens is 262 g/mol. The van der Waals surface area contributed by atoms with Crippen molar-refractivity contribution in [3.63, 3.8) is 0 Å². The lowest BCUT2D eigenvalue weighted by molar-refractivity contribution is 0.478. The molecule has 0 radical (unpaired) electrons. The van der Waals surface area contributed by atoms with Crippen molar-refractivity contribution < 1.29 is 13.0 Å². The van der Waals surface area contributed by atoms with Crippen LogP contribution in [-0.2, 0) is 10.1 Å². The summed E-state index contributed by atoms with van der Waals surface area (Å²) in [5, 5.41) is 0.720. The van der Waals surface area contributed by atoms with Crippen LogP contribution in [0.2, 0.25) is 0 Å². The molecule has 0 aromatic heterocycles. The van der Waals surface area contributed by atoms with Crippen molar-refractivity contribution in [2.45, 2.75) is 4.58 Å². The van der Waals surface area contributed by atoms with Gasteiger partial charge in [-0.3, -0.25) is 9.55 Å². The van der Waals surface area contributed by atoms with E-state index in [0.29, 0.717) is 6.54 Å². The number of thioether (sulfide) groups is 1. The van der Waals surface area contributed by atoms with Crippen molar-refractivity contribution in [1.82, 2.24) is 0 Å². The normalized spacial score (nSPS) is 19.9. The summed E-state index contributed by atoms with van der Waals surface area (Å²) in [6.07, 6.45) is 0. The summed E-state index contributed by atoms with van der Waals surface area (Å²) in [6.45, 7) is 0.691. The van der Waals surface area contributed by atoms with E-state index in [-0.39, 0.29) is 5.75 Å². The average Bonchev–Trinajstić information content (AvgIpc) is 2.49. The topological polar surface area (TPSA) is 66.7 Å². The average molecular weight is 273 g/mol. The van der Waals surface area contributed by atoms with E-state index in [0.717, 1.165) is 10.8 Å². The first-order valence-electron chi connectivity index (χ1n) is 3.88. The van der Waals surface area contributed by atoms with Crippen LogP contribution < -0.4 is 0 Å². The van der Waals surface area contributed by atoms with Crippen LogP contribution in [0.15, 0.2) is 4.99 Å². The van der Waals surface area contributed by atoms with E-state index < -0.39 is 20.6 Å². The molecule has 0 aromatic rings. The summed E-state index contributed by atoms with van der Waals surface area (Å²) in [6, 6.07) is 0. The Labute approximate surface area is 98.5 Å². The maximum absolute atomic E-state index is 10.7. The van der Waals surface area contributed by atoms with Crippen LogP contribution in [0.5, 0.6) is 0 Å². The summed E-state index contributed by atoms with van der Waals surface area (Å²) < 4.78 is 29.8. The number of nitrogens with zero attached hydrogens (tertiary/aromatic N) is 1. The van der Waals surface area contributed by atoms with E-state index in [9.17, 15) is 8.42 Å². The molecule has 8 heteroatoms. The Morgan fingerprint density at radius 2 is 2.21 bits per heavy atom. The molecule has 0 aromatic carbocycles. The fourth-order valence-corrected chi connectivity index (χ4v) is 3.99. The molecule has 1 aliphatic rings. The van der Waals surface area contributed by atoms with E-state index in [4.69, 9.17) is 4.55 Å². The van der Waals surface area contributed by atoms with Gasteiger partial charge in [0, 0.05) is 18.2 Å². The second kappa shape index (κ2) is 5.11. The lowest BCUT2D eigenvalue weighted by atomic mass is 10.2. The zero-order valence-electron chi connectivity index (χ0n) is 7.20. The van der Waals surface area contributed by atoms with Crippen LogP contribution in [0, 0.1) is 5.92 Å². The van der Waals surface area contributed by atoms with Gasteiger partial charge in [-0.1, -0.05) is 0 Å².